The van der Waals surface area contributed by atoms with Crippen molar-refractivity contribution in [3.63, 3.8) is 0 Å². The molecule has 0 saturated heterocycles. The molecule has 0 atom stereocenters. The van der Waals surface area contributed by atoms with Gasteiger partial charge in [-0.05, 0) is 25.0 Å². The third-order valence-electron chi connectivity index (χ3n) is 3.55. The van der Waals surface area contributed by atoms with Gasteiger partial charge in [0.15, 0.2) is 0 Å². The molecule has 7 heteroatoms. The first kappa shape index (κ1) is 19.3. The van der Waals surface area contributed by atoms with E-state index in [1.165, 1.54) is 4.90 Å². The Morgan fingerprint density at radius 3 is 2.60 bits per heavy atom. The number of carbonyl (C=O) groups is 1. The quantitative estimate of drug-likeness (QED) is 0.686. The molecule has 0 unspecified atom stereocenters. The van der Waals surface area contributed by atoms with Gasteiger partial charge in [0, 0.05) is 11.4 Å². The Bertz CT molecular complexity index is 686. The largest absolute Gasteiger partial charge is 0.447 e. The van der Waals surface area contributed by atoms with E-state index in [9.17, 15) is 4.79 Å². The van der Waals surface area contributed by atoms with Crippen molar-refractivity contribution in [1.82, 2.24) is 9.55 Å². The third kappa shape index (κ3) is 5.51. The molecule has 1 amide bonds. The first-order valence-corrected chi connectivity index (χ1v) is 9.16. The van der Waals surface area contributed by atoms with Gasteiger partial charge in [-0.3, -0.25) is 0 Å². The lowest BCUT2D eigenvalue weighted by Gasteiger charge is -2.11. The molecular formula is C18H25N3O3S. The standard InChI is InChI=1S/C18H25N3O3S/c1-4-21-15(12-23-10-11-24-18(19)22)20-16(13(2)3)17(21)25-14-8-6-5-7-9-14/h5-9,13H,4,10-12H2,1-3H3,(H2,19,22). The smallest absolute Gasteiger partial charge is 0.404 e. The number of rotatable bonds is 9. The second-order valence-corrected chi connectivity index (χ2v) is 6.81. The molecule has 2 N–H and O–H groups in total. The van der Waals surface area contributed by atoms with Crippen molar-refractivity contribution in [2.75, 3.05) is 13.2 Å². The second-order valence-electron chi connectivity index (χ2n) is 5.75. The molecule has 0 bridgehead atoms. The summed E-state index contributed by atoms with van der Waals surface area (Å²) in [5, 5.41) is 1.15. The highest BCUT2D eigenvalue weighted by atomic mass is 32.2. The molecular weight excluding hydrogens is 338 g/mol. The zero-order valence-corrected chi connectivity index (χ0v) is 15.7. The van der Waals surface area contributed by atoms with Gasteiger partial charge in [-0.2, -0.15) is 0 Å². The van der Waals surface area contributed by atoms with E-state index in [0.29, 0.717) is 12.5 Å². The normalized spacial score (nSPS) is 11.0. The van der Waals surface area contributed by atoms with E-state index >= 15 is 0 Å². The van der Waals surface area contributed by atoms with Crippen molar-refractivity contribution >= 4 is 17.9 Å². The maximum absolute atomic E-state index is 10.6. The average molecular weight is 363 g/mol. The van der Waals surface area contributed by atoms with Gasteiger partial charge in [-0.15, -0.1) is 0 Å². The molecule has 0 saturated carbocycles. The molecule has 0 aliphatic rings. The number of nitrogens with two attached hydrogens (primary N) is 1. The summed E-state index contributed by atoms with van der Waals surface area (Å²) in [4.78, 5) is 16.5. The van der Waals surface area contributed by atoms with E-state index < -0.39 is 6.09 Å². The molecule has 6 nitrogen and oxygen atoms in total. The fourth-order valence-electron chi connectivity index (χ4n) is 2.39. The van der Waals surface area contributed by atoms with Gasteiger partial charge >= 0.3 is 6.09 Å². The van der Waals surface area contributed by atoms with Crippen molar-refractivity contribution in [3.05, 3.63) is 41.9 Å². The summed E-state index contributed by atoms with van der Waals surface area (Å²) >= 11 is 1.72. The number of hydrogen-bond donors (Lipinski definition) is 1. The summed E-state index contributed by atoms with van der Waals surface area (Å²) in [6.45, 7) is 7.99. The predicted molar refractivity (Wildman–Crippen MR) is 97.7 cm³/mol. The van der Waals surface area contributed by atoms with Gasteiger partial charge in [0.25, 0.3) is 0 Å². The summed E-state index contributed by atoms with van der Waals surface area (Å²) in [5.74, 6) is 1.19. The van der Waals surface area contributed by atoms with Gasteiger partial charge in [-0.1, -0.05) is 43.8 Å². The van der Waals surface area contributed by atoms with E-state index in [2.05, 4.69) is 42.2 Å². The molecule has 25 heavy (non-hydrogen) atoms. The molecule has 0 aliphatic carbocycles. The minimum atomic E-state index is -0.790. The van der Waals surface area contributed by atoms with Gasteiger partial charge in [0.2, 0.25) is 0 Å². The zero-order chi connectivity index (χ0) is 18.2. The highest BCUT2D eigenvalue weighted by molar-refractivity contribution is 7.99. The SMILES string of the molecule is CCn1c(COCCOC(N)=O)nc(C(C)C)c1Sc1ccccc1. The minimum Gasteiger partial charge on any atom is -0.447 e. The van der Waals surface area contributed by atoms with Crippen molar-refractivity contribution in [2.24, 2.45) is 5.73 Å². The van der Waals surface area contributed by atoms with Crippen LogP contribution in [0.15, 0.2) is 40.3 Å². The Hall–Kier alpha value is -1.99. The number of imidazole rings is 1. The van der Waals surface area contributed by atoms with Crippen LogP contribution in [0.2, 0.25) is 0 Å². The summed E-state index contributed by atoms with van der Waals surface area (Å²) in [6.07, 6.45) is -0.790. The van der Waals surface area contributed by atoms with Crippen LogP contribution in [0.25, 0.3) is 0 Å². The lowest BCUT2D eigenvalue weighted by molar-refractivity contribution is 0.0637. The zero-order valence-electron chi connectivity index (χ0n) is 14.9. The van der Waals surface area contributed by atoms with Crippen molar-refractivity contribution in [3.8, 4) is 0 Å². The van der Waals surface area contributed by atoms with Crippen molar-refractivity contribution < 1.29 is 14.3 Å². The number of hydrogen-bond acceptors (Lipinski definition) is 5. The summed E-state index contributed by atoms with van der Waals surface area (Å²) < 4.78 is 12.4. The lowest BCUT2D eigenvalue weighted by atomic mass is 10.1. The first-order chi connectivity index (χ1) is 12.0. The Labute approximate surface area is 152 Å². The van der Waals surface area contributed by atoms with Crippen LogP contribution in [0.4, 0.5) is 4.79 Å². The summed E-state index contributed by atoms with van der Waals surface area (Å²) in [6, 6.07) is 10.3. The van der Waals surface area contributed by atoms with E-state index in [4.69, 9.17) is 15.5 Å². The summed E-state index contributed by atoms with van der Waals surface area (Å²) in [5.41, 5.74) is 6.00. The maximum Gasteiger partial charge on any atom is 0.404 e. The molecule has 136 valence electrons. The number of primary amides is 1. The van der Waals surface area contributed by atoms with Gasteiger partial charge < -0.3 is 19.8 Å². The molecule has 2 rings (SSSR count). The summed E-state index contributed by atoms with van der Waals surface area (Å²) in [7, 11) is 0. The highest BCUT2D eigenvalue weighted by Gasteiger charge is 2.19. The number of nitrogens with zero attached hydrogens (tertiary/aromatic N) is 2. The van der Waals surface area contributed by atoms with Crippen LogP contribution < -0.4 is 5.73 Å². The highest BCUT2D eigenvalue weighted by Crippen LogP contribution is 2.34. The fourth-order valence-corrected chi connectivity index (χ4v) is 3.63. The van der Waals surface area contributed by atoms with Crippen LogP contribution in [0, 0.1) is 0 Å². The Kier molecular flexibility index (Phi) is 7.33. The van der Waals surface area contributed by atoms with E-state index in [-0.39, 0.29) is 13.2 Å². The van der Waals surface area contributed by atoms with Gasteiger partial charge in [-0.25, -0.2) is 9.78 Å². The molecule has 0 radical (unpaired) electrons. The minimum absolute atomic E-state index is 0.144. The number of carbonyl (C=O) groups excluding carboxylic acids is 1. The topological polar surface area (TPSA) is 79.4 Å². The maximum atomic E-state index is 10.6. The molecule has 0 aliphatic heterocycles. The third-order valence-corrected chi connectivity index (χ3v) is 4.68. The molecule has 0 spiro atoms. The number of benzene rings is 1. The molecule has 1 heterocycles. The number of amides is 1. The van der Waals surface area contributed by atoms with Crippen molar-refractivity contribution in [2.45, 2.75) is 49.8 Å². The van der Waals surface area contributed by atoms with Crippen LogP contribution >= 0.6 is 11.8 Å². The Morgan fingerprint density at radius 2 is 2.00 bits per heavy atom. The van der Waals surface area contributed by atoms with Crippen LogP contribution in [0.5, 0.6) is 0 Å². The number of ether oxygens (including phenoxy) is 2. The fraction of sp³-hybridized carbons (Fsp3) is 0.444. The second kappa shape index (κ2) is 9.48. The van der Waals surface area contributed by atoms with Gasteiger partial charge in [0.05, 0.1) is 12.3 Å². The Balaban J connectivity index is 2.14. The van der Waals surface area contributed by atoms with Crippen LogP contribution in [0.3, 0.4) is 0 Å². The first-order valence-electron chi connectivity index (χ1n) is 8.35. The van der Waals surface area contributed by atoms with Crippen molar-refractivity contribution in [1.29, 1.82) is 0 Å². The predicted octanol–water partition coefficient (Wildman–Crippen LogP) is 3.79. The lowest BCUT2D eigenvalue weighted by Crippen LogP contribution is -2.16. The van der Waals surface area contributed by atoms with Gasteiger partial charge in [0.1, 0.15) is 24.1 Å². The van der Waals surface area contributed by atoms with E-state index in [0.717, 1.165) is 23.1 Å². The van der Waals surface area contributed by atoms with Crippen LogP contribution in [-0.2, 0) is 22.6 Å². The van der Waals surface area contributed by atoms with Crippen LogP contribution in [0.1, 0.15) is 38.2 Å². The molecule has 1 aromatic carbocycles. The van der Waals surface area contributed by atoms with E-state index in [1.54, 1.807) is 11.8 Å². The Morgan fingerprint density at radius 1 is 1.28 bits per heavy atom. The molecule has 2 aromatic rings. The van der Waals surface area contributed by atoms with Crippen LogP contribution in [-0.4, -0.2) is 28.9 Å². The number of aromatic nitrogens is 2. The average Bonchev–Trinajstić information content (AvgIpc) is 2.93. The monoisotopic (exact) mass is 363 g/mol. The molecule has 0 fully saturated rings. The molecule has 1 aromatic heterocycles. The van der Waals surface area contributed by atoms with E-state index in [1.807, 2.05) is 18.2 Å².